The molecule has 4 rings (SSSR count). The summed E-state index contributed by atoms with van der Waals surface area (Å²) in [6.07, 6.45) is 0.935. The molecule has 1 aliphatic heterocycles. The summed E-state index contributed by atoms with van der Waals surface area (Å²) in [4.78, 5) is 18.8. The van der Waals surface area contributed by atoms with E-state index in [2.05, 4.69) is 36.2 Å². The maximum atomic E-state index is 13.4. The average molecular weight is 318 g/mol. The normalized spacial score (nSPS) is 14.2. The van der Waals surface area contributed by atoms with Crippen molar-refractivity contribution in [1.29, 1.82) is 0 Å². The lowest BCUT2D eigenvalue weighted by Gasteiger charge is -2.30. The largest absolute Gasteiger partial charge is 0.358 e. The Morgan fingerprint density at radius 1 is 1.08 bits per heavy atom. The van der Waals surface area contributed by atoms with E-state index in [0.29, 0.717) is 0 Å². The number of aryl methyl sites for hydroxylation is 1. The Labute approximate surface area is 142 Å². The SMILES string of the molecule is Cc1[nH]c2ccccc2c1C(C)(C)C(=O)N1CCc2ccccc21. The van der Waals surface area contributed by atoms with Gasteiger partial charge in [0, 0.05) is 28.8 Å². The van der Waals surface area contributed by atoms with Crippen molar-refractivity contribution in [3.63, 3.8) is 0 Å². The number of carbonyl (C=O) groups excluding carboxylic acids is 1. The monoisotopic (exact) mass is 318 g/mol. The fraction of sp³-hybridized carbons (Fsp3) is 0.286. The summed E-state index contributed by atoms with van der Waals surface area (Å²) in [5.41, 5.74) is 5.01. The number of benzene rings is 2. The van der Waals surface area contributed by atoms with Gasteiger partial charge in [0.25, 0.3) is 0 Å². The Balaban J connectivity index is 1.80. The zero-order valence-corrected chi connectivity index (χ0v) is 14.4. The summed E-state index contributed by atoms with van der Waals surface area (Å²) in [7, 11) is 0. The van der Waals surface area contributed by atoms with Crippen molar-refractivity contribution in [2.75, 3.05) is 11.4 Å². The Hall–Kier alpha value is -2.55. The lowest BCUT2D eigenvalue weighted by molar-refractivity contribution is -0.122. The fourth-order valence-corrected chi connectivity index (χ4v) is 4.08. The van der Waals surface area contributed by atoms with Gasteiger partial charge in [-0.3, -0.25) is 4.79 Å². The lowest BCUT2D eigenvalue weighted by atomic mass is 9.81. The van der Waals surface area contributed by atoms with Gasteiger partial charge in [-0.2, -0.15) is 0 Å². The first-order valence-corrected chi connectivity index (χ1v) is 8.48. The molecule has 1 aliphatic rings. The number of hydrogen-bond acceptors (Lipinski definition) is 1. The Morgan fingerprint density at radius 3 is 2.62 bits per heavy atom. The first kappa shape index (κ1) is 15.0. The van der Waals surface area contributed by atoms with Gasteiger partial charge in [-0.1, -0.05) is 36.4 Å². The highest BCUT2D eigenvalue weighted by molar-refractivity contribution is 6.05. The number of nitrogens with zero attached hydrogens (tertiary/aromatic N) is 1. The molecule has 3 heteroatoms. The number of anilines is 1. The number of fused-ring (bicyclic) bond motifs is 2. The number of aromatic amines is 1. The highest BCUT2D eigenvalue weighted by Crippen LogP contribution is 2.38. The van der Waals surface area contributed by atoms with E-state index in [-0.39, 0.29) is 5.91 Å². The molecule has 0 fully saturated rings. The zero-order valence-electron chi connectivity index (χ0n) is 14.4. The number of carbonyl (C=O) groups is 1. The second-order valence-electron chi connectivity index (χ2n) is 7.13. The predicted octanol–water partition coefficient (Wildman–Crippen LogP) is 4.34. The molecule has 0 bridgehead atoms. The molecule has 0 unspecified atom stereocenters. The van der Waals surface area contributed by atoms with Crippen LogP contribution in [0.1, 0.15) is 30.7 Å². The maximum absolute atomic E-state index is 13.4. The fourth-order valence-electron chi connectivity index (χ4n) is 4.08. The summed E-state index contributed by atoms with van der Waals surface area (Å²) >= 11 is 0. The Bertz CT molecular complexity index is 936. The van der Waals surface area contributed by atoms with Gasteiger partial charge < -0.3 is 9.88 Å². The van der Waals surface area contributed by atoms with Crippen LogP contribution in [0, 0.1) is 6.92 Å². The molecule has 1 aromatic heterocycles. The van der Waals surface area contributed by atoms with Gasteiger partial charge in [0.05, 0.1) is 5.41 Å². The van der Waals surface area contributed by atoms with Gasteiger partial charge in [0.15, 0.2) is 0 Å². The molecule has 1 N–H and O–H groups in total. The van der Waals surface area contributed by atoms with Crippen LogP contribution in [-0.2, 0) is 16.6 Å². The van der Waals surface area contributed by atoms with E-state index in [1.807, 2.05) is 43.0 Å². The number of hydrogen-bond donors (Lipinski definition) is 1. The molecule has 3 nitrogen and oxygen atoms in total. The van der Waals surface area contributed by atoms with Crippen LogP contribution in [0.5, 0.6) is 0 Å². The number of amides is 1. The quantitative estimate of drug-likeness (QED) is 0.749. The number of H-pyrrole nitrogens is 1. The standard InChI is InChI=1S/C21H22N2O/c1-14-19(16-9-5-6-10-17(16)22-14)21(2,3)20(24)23-13-12-15-8-4-7-11-18(15)23/h4-11,22H,12-13H2,1-3H3. The number of rotatable bonds is 2. The van der Waals surface area contributed by atoms with Crippen LogP contribution >= 0.6 is 0 Å². The third-order valence-electron chi connectivity index (χ3n) is 5.19. The van der Waals surface area contributed by atoms with Crippen LogP contribution in [0.15, 0.2) is 48.5 Å². The third-order valence-corrected chi connectivity index (χ3v) is 5.19. The van der Waals surface area contributed by atoms with Gasteiger partial charge in [-0.25, -0.2) is 0 Å². The molecule has 0 saturated heterocycles. The second kappa shape index (κ2) is 5.23. The van der Waals surface area contributed by atoms with E-state index in [9.17, 15) is 4.79 Å². The van der Waals surface area contributed by atoms with Gasteiger partial charge in [0.1, 0.15) is 0 Å². The molecule has 0 aliphatic carbocycles. The molecular formula is C21H22N2O. The first-order chi connectivity index (χ1) is 11.5. The molecule has 24 heavy (non-hydrogen) atoms. The predicted molar refractivity (Wildman–Crippen MR) is 98.6 cm³/mol. The molecular weight excluding hydrogens is 296 g/mol. The van der Waals surface area contributed by atoms with Crippen LogP contribution in [0.3, 0.4) is 0 Å². The van der Waals surface area contributed by atoms with E-state index in [0.717, 1.165) is 40.8 Å². The second-order valence-corrected chi connectivity index (χ2v) is 7.13. The minimum atomic E-state index is -0.582. The summed E-state index contributed by atoms with van der Waals surface area (Å²) in [6, 6.07) is 16.4. The average Bonchev–Trinajstić information content (AvgIpc) is 3.14. The van der Waals surface area contributed by atoms with Gasteiger partial charge in [0.2, 0.25) is 5.91 Å². The summed E-state index contributed by atoms with van der Waals surface area (Å²) in [6.45, 7) is 6.91. The van der Waals surface area contributed by atoms with Crippen molar-refractivity contribution >= 4 is 22.5 Å². The highest BCUT2D eigenvalue weighted by Gasteiger charge is 2.39. The van der Waals surface area contributed by atoms with E-state index < -0.39 is 5.41 Å². The van der Waals surface area contributed by atoms with Crippen LogP contribution in [0.2, 0.25) is 0 Å². The van der Waals surface area contributed by atoms with Crippen molar-refractivity contribution in [3.8, 4) is 0 Å². The molecule has 1 amide bonds. The smallest absolute Gasteiger partial charge is 0.237 e. The molecule has 2 heterocycles. The maximum Gasteiger partial charge on any atom is 0.237 e. The molecule has 0 spiro atoms. The van der Waals surface area contributed by atoms with Gasteiger partial charge in [-0.05, 0) is 50.5 Å². The van der Waals surface area contributed by atoms with Crippen molar-refractivity contribution in [1.82, 2.24) is 4.98 Å². The van der Waals surface area contributed by atoms with Crippen molar-refractivity contribution < 1.29 is 4.79 Å². The summed E-state index contributed by atoms with van der Waals surface area (Å²) < 4.78 is 0. The van der Waals surface area contributed by atoms with Crippen molar-refractivity contribution in [3.05, 3.63) is 65.4 Å². The van der Waals surface area contributed by atoms with Crippen LogP contribution in [-0.4, -0.2) is 17.4 Å². The molecule has 0 atom stereocenters. The van der Waals surface area contributed by atoms with Crippen LogP contribution in [0.4, 0.5) is 5.69 Å². The molecule has 0 saturated carbocycles. The van der Waals surface area contributed by atoms with Gasteiger partial charge in [-0.15, -0.1) is 0 Å². The topological polar surface area (TPSA) is 36.1 Å². The number of para-hydroxylation sites is 2. The van der Waals surface area contributed by atoms with E-state index >= 15 is 0 Å². The minimum absolute atomic E-state index is 0.167. The molecule has 2 aromatic carbocycles. The van der Waals surface area contributed by atoms with Crippen LogP contribution < -0.4 is 4.90 Å². The minimum Gasteiger partial charge on any atom is -0.358 e. The number of aromatic nitrogens is 1. The van der Waals surface area contributed by atoms with E-state index in [1.54, 1.807) is 0 Å². The summed E-state index contributed by atoms with van der Waals surface area (Å²) in [5.74, 6) is 0.167. The summed E-state index contributed by atoms with van der Waals surface area (Å²) in [5, 5.41) is 1.14. The lowest BCUT2D eigenvalue weighted by Crippen LogP contribution is -2.43. The van der Waals surface area contributed by atoms with Gasteiger partial charge >= 0.3 is 0 Å². The van der Waals surface area contributed by atoms with Crippen LogP contribution in [0.25, 0.3) is 10.9 Å². The van der Waals surface area contributed by atoms with E-state index in [1.165, 1.54) is 5.56 Å². The Kier molecular flexibility index (Phi) is 3.27. The molecule has 3 aromatic rings. The van der Waals surface area contributed by atoms with E-state index in [4.69, 9.17) is 0 Å². The molecule has 0 radical (unpaired) electrons. The molecule has 122 valence electrons. The van der Waals surface area contributed by atoms with Crippen molar-refractivity contribution in [2.45, 2.75) is 32.6 Å². The Morgan fingerprint density at radius 2 is 1.79 bits per heavy atom. The zero-order chi connectivity index (χ0) is 16.9. The first-order valence-electron chi connectivity index (χ1n) is 8.48. The highest BCUT2D eigenvalue weighted by atomic mass is 16.2. The third kappa shape index (κ3) is 2.08. The number of nitrogens with one attached hydrogen (secondary N) is 1. The van der Waals surface area contributed by atoms with Crippen molar-refractivity contribution in [2.24, 2.45) is 0 Å².